The molecule has 1 aromatic rings. The maximum Gasteiger partial charge on any atom is 0.234 e. The molecule has 18 heavy (non-hydrogen) atoms. The highest BCUT2D eigenvalue weighted by Crippen LogP contribution is 2.08. The van der Waals surface area contributed by atoms with Crippen molar-refractivity contribution in [1.29, 1.82) is 0 Å². The molecule has 0 fully saturated rings. The van der Waals surface area contributed by atoms with Crippen molar-refractivity contribution in [3.8, 4) is 0 Å². The second-order valence-corrected chi connectivity index (χ2v) is 4.76. The maximum absolute atomic E-state index is 11.3. The van der Waals surface area contributed by atoms with E-state index in [0.717, 1.165) is 11.1 Å². The van der Waals surface area contributed by atoms with Gasteiger partial charge >= 0.3 is 0 Å². The average Bonchev–Trinajstić information content (AvgIpc) is 2.29. The molecule has 0 aliphatic heterocycles. The number of amides is 1. The Bertz CT molecular complexity index is 391. The highest BCUT2D eigenvalue weighted by molar-refractivity contribution is 5.80. The van der Waals surface area contributed by atoms with Gasteiger partial charge in [-0.25, -0.2) is 0 Å². The largest absolute Gasteiger partial charge is 0.380 e. The molecule has 4 heteroatoms. The van der Waals surface area contributed by atoms with E-state index in [1.807, 2.05) is 32.0 Å². The van der Waals surface area contributed by atoms with Gasteiger partial charge in [0, 0.05) is 13.7 Å². The summed E-state index contributed by atoms with van der Waals surface area (Å²) < 4.78 is 5.09. The molecule has 4 nitrogen and oxygen atoms in total. The molecule has 100 valence electrons. The van der Waals surface area contributed by atoms with E-state index in [0.29, 0.717) is 13.2 Å². The van der Waals surface area contributed by atoms with Gasteiger partial charge in [-0.1, -0.05) is 38.1 Å². The molecule has 0 aromatic heterocycles. The third-order valence-electron chi connectivity index (χ3n) is 2.80. The Balaban J connectivity index is 2.61. The van der Waals surface area contributed by atoms with Crippen LogP contribution in [0.15, 0.2) is 24.3 Å². The number of benzene rings is 1. The smallest absolute Gasteiger partial charge is 0.234 e. The first-order chi connectivity index (χ1) is 8.54. The van der Waals surface area contributed by atoms with E-state index in [1.54, 1.807) is 7.11 Å². The lowest BCUT2D eigenvalue weighted by atomic mass is 10.0. The summed E-state index contributed by atoms with van der Waals surface area (Å²) in [6.45, 7) is 5.17. The van der Waals surface area contributed by atoms with Gasteiger partial charge in [0.2, 0.25) is 5.91 Å². The lowest BCUT2D eigenvalue weighted by Crippen LogP contribution is -2.44. The number of nitrogens with two attached hydrogens (primary N) is 1. The van der Waals surface area contributed by atoms with Gasteiger partial charge in [0.25, 0.3) is 0 Å². The summed E-state index contributed by atoms with van der Waals surface area (Å²) in [5.74, 6) is -0.122. The molecule has 0 saturated heterocycles. The quantitative estimate of drug-likeness (QED) is 0.769. The van der Waals surface area contributed by atoms with Crippen LogP contribution in [0.3, 0.4) is 0 Å². The molecule has 3 N–H and O–H groups in total. The molecule has 0 saturated carbocycles. The number of hydrogen-bond donors (Lipinski definition) is 2. The second-order valence-electron chi connectivity index (χ2n) is 4.76. The van der Waals surface area contributed by atoms with Gasteiger partial charge in [-0.15, -0.1) is 0 Å². The fourth-order valence-corrected chi connectivity index (χ4v) is 1.89. The normalized spacial score (nSPS) is 12.7. The van der Waals surface area contributed by atoms with Gasteiger partial charge in [0.15, 0.2) is 0 Å². The summed E-state index contributed by atoms with van der Waals surface area (Å²) in [4.78, 5) is 11.3. The number of primary amides is 1. The average molecular weight is 250 g/mol. The molecule has 0 heterocycles. The Morgan fingerprint density at radius 3 is 2.61 bits per heavy atom. The van der Waals surface area contributed by atoms with Gasteiger partial charge in [-0.2, -0.15) is 0 Å². The van der Waals surface area contributed by atoms with Crippen molar-refractivity contribution in [2.75, 3.05) is 7.11 Å². The van der Waals surface area contributed by atoms with Crippen LogP contribution in [0.4, 0.5) is 0 Å². The minimum atomic E-state index is -0.307. The summed E-state index contributed by atoms with van der Waals surface area (Å²) in [6.07, 6.45) is 0. The number of hydrogen-bond acceptors (Lipinski definition) is 3. The second kappa shape index (κ2) is 7.13. The highest BCUT2D eigenvalue weighted by atomic mass is 16.5. The molecule has 1 atom stereocenters. The summed E-state index contributed by atoms with van der Waals surface area (Å²) in [6, 6.07) is 7.79. The third kappa shape index (κ3) is 4.47. The van der Waals surface area contributed by atoms with E-state index in [2.05, 4.69) is 11.4 Å². The number of carbonyl (C=O) groups excluding carboxylic acids is 1. The van der Waals surface area contributed by atoms with Gasteiger partial charge in [0.05, 0.1) is 12.6 Å². The summed E-state index contributed by atoms with van der Waals surface area (Å²) in [5, 5.41) is 3.19. The predicted molar refractivity (Wildman–Crippen MR) is 71.8 cm³/mol. The summed E-state index contributed by atoms with van der Waals surface area (Å²) >= 11 is 0. The minimum Gasteiger partial charge on any atom is -0.380 e. The Kier molecular flexibility index (Phi) is 5.82. The first kappa shape index (κ1) is 14.7. The Hall–Kier alpha value is -1.39. The molecule has 1 unspecified atom stereocenters. The number of rotatable bonds is 7. The molecule has 1 amide bonds. The van der Waals surface area contributed by atoms with E-state index in [4.69, 9.17) is 10.5 Å². The van der Waals surface area contributed by atoms with Crippen molar-refractivity contribution < 1.29 is 9.53 Å². The topological polar surface area (TPSA) is 64.3 Å². The maximum atomic E-state index is 11.3. The SMILES string of the molecule is COCc1cccc(CNC(C(N)=O)C(C)C)c1. The van der Waals surface area contributed by atoms with E-state index in [-0.39, 0.29) is 17.9 Å². The Morgan fingerprint density at radius 1 is 1.39 bits per heavy atom. The van der Waals surface area contributed by atoms with Crippen LogP contribution in [0.2, 0.25) is 0 Å². The first-order valence-corrected chi connectivity index (χ1v) is 6.14. The monoisotopic (exact) mass is 250 g/mol. The molecule has 0 radical (unpaired) electrons. The molecule has 1 aromatic carbocycles. The summed E-state index contributed by atoms with van der Waals surface area (Å²) in [7, 11) is 1.67. The van der Waals surface area contributed by atoms with Gasteiger partial charge in [-0.3, -0.25) is 4.79 Å². The van der Waals surface area contributed by atoms with Gasteiger partial charge < -0.3 is 15.8 Å². The number of methoxy groups -OCH3 is 1. The fraction of sp³-hybridized carbons (Fsp3) is 0.500. The van der Waals surface area contributed by atoms with Crippen molar-refractivity contribution >= 4 is 5.91 Å². The van der Waals surface area contributed by atoms with Crippen LogP contribution in [-0.2, 0) is 22.7 Å². The highest BCUT2D eigenvalue weighted by Gasteiger charge is 2.18. The standard InChI is InChI=1S/C14H22N2O2/c1-10(2)13(14(15)17)16-8-11-5-4-6-12(7-11)9-18-3/h4-7,10,13,16H,8-9H2,1-3H3,(H2,15,17). The van der Waals surface area contributed by atoms with Crippen LogP contribution in [-0.4, -0.2) is 19.1 Å². The number of carbonyl (C=O) groups is 1. The first-order valence-electron chi connectivity index (χ1n) is 6.14. The van der Waals surface area contributed by atoms with E-state index < -0.39 is 0 Å². The molecular weight excluding hydrogens is 228 g/mol. The van der Waals surface area contributed by atoms with Crippen LogP contribution in [0.25, 0.3) is 0 Å². The fourth-order valence-electron chi connectivity index (χ4n) is 1.89. The van der Waals surface area contributed by atoms with Crippen LogP contribution in [0.5, 0.6) is 0 Å². The van der Waals surface area contributed by atoms with E-state index in [1.165, 1.54) is 0 Å². The molecule has 0 spiro atoms. The van der Waals surface area contributed by atoms with Crippen LogP contribution in [0, 0.1) is 5.92 Å². The zero-order valence-corrected chi connectivity index (χ0v) is 11.3. The zero-order chi connectivity index (χ0) is 13.5. The Morgan fingerprint density at radius 2 is 2.06 bits per heavy atom. The molecule has 1 rings (SSSR count). The van der Waals surface area contributed by atoms with E-state index in [9.17, 15) is 4.79 Å². The lowest BCUT2D eigenvalue weighted by Gasteiger charge is -2.19. The number of nitrogens with one attached hydrogen (secondary N) is 1. The predicted octanol–water partition coefficient (Wildman–Crippen LogP) is 1.43. The van der Waals surface area contributed by atoms with Crippen LogP contribution >= 0.6 is 0 Å². The minimum absolute atomic E-state index is 0.185. The van der Waals surface area contributed by atoms with Crippen molar-refractivity contribution in [1.82, 2.24) is 5.32 Å². The van der Waals surface area contributed by atoms with Crippen LogP contribution < -0.4 is 11.1 Å². The van der Waals surface area contributed by atoms with Crippen molar-refractivity contribution in [2.45, 2.75) is 33.0 Å². The lowest BCUT2D eigenvalue weighted by molar-refractivity contribution is -0.121. The van der Waals surface area contributed by atoms with Gasteiger partial charge in [-0.05, 0) is 17.0 Å². The van der Waals surface area contributed by atoms with Crippen molar-refractivity contribution in [3.63, 3.8) is 0 Å². The summed E-state index contributed by atoms with van der Waals surface area (Å²) in [5.41, 5.74) is 7.60. The molecular formula is C14H22N2O2. The van der Waals surface area contributed by atoms with Gasteiger partial charge in [0.1, 0.15) is 0 Å². The van der Waals surface area contributed by atoms with Crippen molar-refractivity contribution in [2.24, 2.45) is 11.7 Å². The molecule has 0 bridgehead atoms. The Labute approximate surface area is 109 Å². The third-order valence-corrected chi connectivity index (χ3v) is 2.80. The molecule has 0 aliphatic carbocycles. The van der Waals surface area contributed by atoms with Crippen LogP contribution in [0.1, 0.15) is 25.0 Å². The van der Waals surface area contributed by atoms with Crippen molar-refractivity contribution in [3.05, 3.63) is 35.4 Å². The zero-order valence-electron chi connectivity index (χ0n) is 11.3. The molecule has 0 aliphatic rings. The van der Waals surface area contributed by atoms with E-state index >= 15 is 0 Å². The number of ether oxygens (including phenoxy) is 1.